The molecule has 0 saturated carbocycles. The molecule has 0 heterocycles. The van der Waals surface area contributed by atoms with Crippen molar-refractivity contribution in [1.82, 2.24) is 0 Å². The maximum absolute atomic E-state index is 3.89. The van der Waals surface area contributed by atoms with Crippen molar-refractivity contribution >= 4 is 0 Å². The fourth-order valence-corrected chi connectivity index (χ4v) is 1.02. The Hall–Kier alpha value is -1.04. The highest BCUT2D eigenvalue weighted by Crippen LogP contribution is 2.22. The van der Waals surface area contributed by atoms with E-state index in [1.54, 1.807) is 0 Å². The van der Waals surface area contributed by atoms with Gasteiger partial charge in [-0.05, 0) is 38.0 Å². The summed E-state index contributed by atoms with van der Waals surface area (Å²) in [6, 6.07) is 0. The van der Waals surface area contributed by atoms with Crippen molar-refractivity contribution in [2.24, 2.45) is 0 Å². The molecule has 58 valence electrons. The third-order valence-electron chi connectivity index (χ3n) is 1.82. The molecule has 0 radical (unpaired) electrons. The third kappa shape index (κ3) is 1.70. The minimum atomic E-state index is 1.14. The van der Waals surface area contributed by atoms with Crippen LogP contribution in [-0.2, 0) is 0 Å². The van der Waals surface area contributed by atoms with Gasteiger partial charge < -0.3 is 0 Å². The second-order valence-electron chi connectivity index (χ2n) is 3.17. The van der Waals surface area contributed by atoms with Crippen LogP contribution >= 0.6 is 0 Å². The molecule has 0 N–H and O–H groups in total. The zero-order valence-electron chi connectivity index (χ0n) is 7.44. The zero-order valence-corrected chi connectivity index (χ0v) is 7.44. The first-order chi connectivity index (χ1) is 5.11. The van der Waals surface area contributed by atoms with Crippen molar-refractivity contribution in [3.8, 4) is 0 Å². The van der Waals surface area contributed by atoms with Crippen LogP contribution in [0.25, 0.3) is 0 Å². The van der Waals surface area contributed by atoms with Crippen LogP contribution in [0.15, 0.2) is 47.1 Å². The zero-order chi connectivity index (χ0) is 8.43. The molecular weight excluding hydrogens is 132 g/mol. The van der Waals surface area contributed by atoms with Gasteiger partial charge in [0.1, 0.15) is 0 Å². The summed E-state index contributed by atoms with van der Waals surface area (Å²) >= 11 is 0. The van der Waals surface area contributed by atoms with Gasteiger partial charge in [-0.2, -0.15) is 0 Å². The Morgan fingerprint density at radius 1 is 1.18 bits per heavy atom. The van der Waals surface area contributed by atoms with Gasteiger partial charge >= 0.3 is 0 Å². The summed E-state index contributed by atoms with van der Waals surface area (Å²) in [6.45, 7) is 10.2. The van der Waals surface area contributed by atoms with Gasteiger partial charge in [0.2, 0.25) is 0 Å². The Labute approximate surface area is 68.6 Å². The van der Waals surface area contributed by atoms with E-state index in [0.29, 0.717) is 0 Å². The Kier molecular flexibility index (Phi) is 2.13. The van der Waals surface area contributed by atoms with Crippen LogP contribution in [0.3, 0.4) is 0 Å². The maximum Gasteiger partial charge on any atom is -0.0227 e. The Morgan fingerprint density at radius 2 is 1.82 bits per heavy atom. The Bertz CT molecular complexity index is 268. The molecule has 0 nitrogen and oxygen atoms in total. The van der Waals surface area contributed by atoms with Crippen LogP contribution in [0.2, 0.25) is 0 Å². The van der Waals surface area contributed by atoms with E-state index < -0.39 is 0 Å². The van der Waals surface area contributed by atoms with E-state index in [4.69, 9.17) is 0 Å². The van der Waals surface area contributed by atoms with Gasteiger partial charge in [0.15, 0.2) is 0 Å². The van der Waals surface area contributed by atoms with Gasteiger partial charge in [-0.15, -0.1) is 0 Å². The summed E-state index contributed by atoms with van der Waals surface area (Å²) in [5.74, 6) is 0. The van der Waals surface area contributed by atoms with Gasteiger partial charge in [-0.3, -0.25) is 0 Å². The second kappa shape index (κ2) is 2.91. The lowest BCUT2D eigenvalue weighted by atomic mass is 10.1. The van der Waals surface area contributed by atoms with Crippen molar-refractivity contribution in [2.75, 3.05) is 0 Å². The van der Waals surface area contributed by atoms with Crippen LogP contribution < -0.4 is 0 Å². The van der Waals surface area contributed by atoms with Crippen molar-refractivity contribution < 1.29 is 0 Å². The Balaban J connectivity index is 2.97. The molecule has 0 amide bonds. The molecule has 0 heteroatoms. The first-order valence-corrected chi connectivity index (χ1v) is 3.84. The summed E-state index contributed by atoms with van der Waals surface area (Å²) in [5.41, 5.74) is 5.07. The lowest BCUT2D eigenvalue weighted by molar-refractivity contribution is 1.35. The van der Waals surface area contributed by atoms with E-state index in [1.807, 2.05) is 6.92 Å². The molecule has 0 aromatic heterocycles. The molecule has 0 spiro atoms. The number of hydrogen-bond donors (Lipinski definition) is 0. The molecule has 1 rings (SSSR count). The molecule has 1 aliphatic rings. The first-order valence-electron chi connectivity index (χ1n) is 3.84. The molecule has 0 atom stereocenters. The van der Waals surface area contributed by atoms with Gasteiger partial charge in [0, 0.05) is 0 Å². The normalized spacial score (nSPS) is 15.2. The van der Waals surface area contributed by atoms with Crippen LogP contribution in [0, 0.1) is 0 Å². The molecule has 1 aliphatic carbocycles. The van der Waals surface area contributed by atoms with Crippen LogP contribution in [-0.4, -0.2) is 0 Å². The minimum absolute atomic E-state index is 1.14. The smallest absolute Gasteiger partial charge is 0.0227 e. The van der Waals surface area contributed by atoms with Crippen LogP contribution in [0.5, 0.6) is 0 Å². The highest BCUT2D eigenvalue weighted by Gasteiger charge is 2.02. The molecule has 0 unspecified atom stereocenters. The molecule has 0 aromatic carbocycles. The van der Waals surface area contributed by atoms with Crippen molar-refractivity contribution in [1.29, 1.82) is 0 Å². The minimum Gasteiger partial charge on any atom is -0.0955 e. The number of hydrogen-bond acceptors (Lipinski definition) is 0. The summed E-state index contributed by atoms with van der Waals surface area (Å²) in [4.78, 5) is 0. The van der Waals surface area contributed by atoms with Crippen molar-refractivity contribution in [3.63, 3.8) is 0 Å². The average molecular weight is 146 g/mol. The fraction of sp³-hybridized carbons (Fsp3) is 0.273. The van der Waals surface area contributed by atoms with E-state index in [9.17, 15) is 0 Å². The first kappa shape index (κ1) is 8.06. The largest absolute Gasteiger partial charge is 0.0955 e. The van der Waals surface area contributed by atoms with E-state index in [0.717, 1.165) is 5.57 Å². The summed E-state index contributed by atoms with van der Waals surface area (Å²) < 4.78 is 0. The molecule has 0 bridgehead atoms. The quantitative estimate of drug-likeness (QED) is 0.532. The molecular formula is C11H14. The van der Waals surface area contributed by atoms with E-state index in [-0.39, 0.29) is 0 Å². The Morgan fingerprint density at radius 3 is 2.09 bits per heavy atom. The van der Waals surface area contributed by atoms with E-state index in [1.165, 1.54) is 16.7 Å². The highest BCUT2D eigenvalue weighted by atomic mass is 14.1. The molecule has 11 heavy (non-hydrogen) atoms. The third-order valence-corrected chi connectivity index (χ3v) is 1.82. The van der Waals surface area contributed by atoms with Crippen LogP contribution in [0.1, 0.15) is 20.8 Å². The second-order valence-corrected chi connectivity index (χ2v) is 3.17. The average Bonchev–Trinajstić information content (AvgIpc) is 2.33. The lowest BCUT2D eigenvalue weighted by Crippen LogP contribution is -1.74. The topological polar surface area (TPSA) is 0 Å². The number of rotatable bonds is 1. The van der Waals surface area contributed by atoms with Crippen molar-refractivity contribution in [2.45, 2.75) is 20.8 Å². The fourth-order valence-electron chi connectivity index (χ4n) is 1.02. The number of allylic oxidation sites excluding steroid dienone is 7. The van der Waals surface area contributed by atoms with E-state index >= 15 is 0 Å². The standard InChI is InChI=1S/C11H14/c1-8(2)10-5-6-11(7-10)9(3)4/h5-7H,1H2,2-4H3. The predicted molar refractivity (Wildman–Crippen MR) is 50.4 cm³/mol. The molecule has 0 fully saturated rings. The van der Waals surface area contributed by atoms with Crippen LogP contribution in [0.4, 0.5) is 0 Å². The summed E-state index contributed by atoms with van der Waals surface area (Å²) in [6.07, 6.45) is 6.43. The van der Waals surface area contributed by atoms with Gasteiger partial charge in [0.05, 0.1) is 0 Å². The summed E-state index contributed by atoms with van der Waals surface area (Å²) in [5, 5.41) is 0. The molecule has 0 aliphatic heterocycles. The maximum atomic E-state index is 3.89. The lowest BCUT2D eigenvalue weighted by Gasteiger charge is -1.94. The SMILES string of the molecule is C=C(C)C1=CC(=C(C)C)C=C1. The van der Waals surface area contributed by atoms with E-state index in [2.05, 4.69) is 38.7 Å². The molecule has 0 saturated heterocycles. The predicted octanol–water partition coefficient (Wildman–Crippen LogP) is 3.40. The van der Waals surface area contributed by atoms with Gasteiger partial charge in [-0.1, -0.05) is 29.9 Å². The van der Waals surface area contributed by atoms with Gasteiger partial charge in [-0.25, -0.2) is 0 Å². The monoisotopic (exact) mass is 146 g/mol. The summed E-state index contributed by atoms with van der Waals surface area (Å²) in [7, 11) is 0. The molecule has 0 aromatic rings. The highest BCUT2D eigenvalue weighted by molar-refractivity contribution is 5.54. The van der Waals surface area contributed by atoms with Gasteiger partial charge in [0.25, 0.3) is 0 Å². The van der Waals surface area contributed by atoms with Crippen molar-refractivity contribution in [3.05, 3.63) is 47.1 Å².